The fraction of sp³-hybridized carbons (Fsp3) is 0.476. The maximum Gasteiger partial charge on any atom is 0.405 e. The van der Waals surface area contributed by atoms with Gasteiger partial charge in [-0.15, -0.1) is 11.3 Å². The second-order valence-electron chi connectivity index (χ2n) is 8.70. The summed E-state index contributed by atoms with van der Waals surface area (Å²) >= 11 is 1.31. The molecule has 0 amide bonds. The Labute approximate surface area is 203 Å². The maximum atomic E-state index is 12.8. The standard InChI is InChI=1S/C21H24F3N5O4S2/c1-11-15(18-27-13-5-3-4-6-14(13)34-18)17(28-19(26-11)25-10-21(22,23)24)29-20(31)8-7-12(16(20)30)9-35(2,32)33/h3-6,12,16,30-31H,7-10H2,1-2H3,(H2,25,26,28,29). The normalized spacial score (nSPS) is 23.1. The van der Waals surface area contributed by atoms with E-state index in [9.17, 15) is 31.8 Å². The maximum absolute atomic E-state index is 12.8. The van der Waals surface area contributed by atoms with Crippen LogP contribution in [0.1, 0.15) is 18.5 Å². The van der Waals surface area contributed by atoms with Crippen molar-refractivity contribution in [2.24, 2.45) is 5.92 Å². The molecule has 0 bridgehead atoms. The minimum absolute atomic E-state index is 0.00199. The third-order valence-corrected chi connectivity index (χ3v) is 7.82. The van der Waals surface area contributed by atoms with Gasteiger partial charge in [0, 0.05) is 12.2 Å². The van der Waals surface area contributed by atoms with Crippen LogP contribution in [-0.2, 0) is 9.84 Å². The second-order valence-corrected chi connectivity index (χ2v) is 11.9. The summed E-state index contributed by atoms with van der Waals surface area (Å²) in [5.74, 6) is -1.39. The van der Waals surface area contributed by atoms with E-state index in [1.807, 2.05) is 24.3 Å². The number of benzene rings is 1. The number of aryl methyl sites for hydroxylation is 1. The van der Waals surface area contributed by atoms with E-state index in [1.54, 1.807) is 6.92 Å². The van der Waals surface area contributed by atoms with Crippen molar-refractivity contribution in [3.8, 4) is 10.6 Å². The van der Waals surface area contributed by atoms with E-state index in [0.717, 1.165) is 11.0 Å². The summed E-state index contributed by atoms with van der Waals surface area (Å²) in [5.41, 5.74) is -0.598. The van der Waals surface area contributed by atoms with Crippen LogP contribution in [0, 0.1) is 12.8 Å². The first kappa shape index (κ1) is 25.5. The summed E-state index contributed by atoms with van der Waals surface area (Å²) in [6, 6.07) is 7.33. The molecule has 1 saturated carbocycles. The Bertz CT molecular complexity index is 1320. The van der Waals surface area contributed by atoms with Gasteiger partial charge in [0.15, 0.2) is 5.72 Å². The first-order valence-corrected chi connectivity index (χ1v) is 13.5. The monoisotopic (exact) mass is 531 g/mol. The van der Waals surface area contributed by atoms with Crippen molar-refractivity contribution in [3.05, 3.63) is 30.0 Å². The van der Waals surface area contributed by atoms with Crippen LogP contribution >= 0.6 is 11.3 Å². The Balaban J connectivity index is 1.75. The van der Waals surface area contributed by atoms with Crippen molar-refractivity contribution in [2.75, 3.05) is 29.2 Å². The molecule has 1 aliphatic carbocycles. The van der Waals surface area contributed by atoms with Gasteiger partial charge in [0.25, 0.3) is 0 Å². The minimum Gasteiger partial charge on any atom is -0.388 e. The molecule has 190 valence electrons. The summed E-state index contributed by atoms with van der Waals surface area (Å²) in [6.07, 6.45) is -4.70. The van der Waals surface area contributed by atoms with Gasteiger partial charge < -0.3 is 20.8 Å². The van der Waals surface area contributed by atoms with E-state index in [4.69, 9.17) is 0 Å². The van der Waals surface area contributed by atoms with Crippen LogP contribution in [0.5, 0.6) is 0 Å². The van der Waals surface area contributed by atoms with E-state index in [-0.39, 0.29) is 30.4 Å². The summed E-state index contributed by atoms with van der Waals surface area (Å²) in [5, 5.41) is 27.3. The zero-order chi connectivity index (χ0) is 25.6. The van der Waals surface area contributed by atoms with E-state index < -0.39 is 40.3 Å². The Kier molecular flexibility index (Phi) is 6.68. The number of anilines is 2. The number of aromatic nitrogens is 3. The number of nitrogens with zero attached hydrogens (tertiary/aromatic N) is 3. The van der Waals surface area contributed by atoms with Gasteiger partial charge in [0.2, 0.25) is 5.95 Å². The molecule has 35 heavy (non-hydrogen) atoms. The molecule has 4 N–H and O–H groups in total. The largest absolute Gasteiger partial charge is 0.405 e. The van der Waals surface area contributed by atoms with Gasteiger partial charge in [-0.25, -0.2) is 18.4 Å². The Morgan fingerprint density at radius 3 is 2.60 bits per heavy atom. The van der Waals surface area contributed by atoms with Crippen LogP contribution in [0.2, 0.25) is 0 Å². The molecule has 3 unspecified atom stereocenters. The smallest absolute Gasteiger partial charge is 0.388 e. The fourth-order valence-corrected chi connectivity index (χ4v) is 6.35. The number of thiazole rings is 1. The van der Waals surface area contributed by atoms with E-state index in [1.165, 1.54) is 11.3 Å². The van der Waals surface area contributed by atoms with Crippen molar-refractivity contribution in [1.29, 1.82) is 0 Å². The first-order valence-electron chi connectivity index (χ1n) is 10.7. The molecule has 0 radical (unpaired) electrons. The molecule has 1 fully saturated rings. The number of hydrogen-bond acceptors (Lipinski definition) is 10. The number of sulfone groups is 1. The van der Waals surface area contributed by atoms with Crippen molar-refractivity contribution < 1.29 is 31.8 Å². The van der Waals surface area contributed by atoms with Crippen molar-refractivity contribution in [1.82, 2.24) is 15.0 Å². The lowest BCUT2D eigenvalue weighted by atomic mass is 10.0. The molecule has 1 aromatic carbocycles. The molecule has 0 aliphatic heterocycles. The third kappa shape index (κ3) is 5.82. The second kappa shape index (κ2) is 9.15. The zero-order valence-electron chi connectivity index (χ0n) is 18.8. The molecule has 2 aromatic heterocycles. The first-order chi connectivity index (χ1) is 16.2. The molecule has 4 rings (SSSR count). The van der Waals surface area contributed by atoms with Crippen molar-refractivity contribution in [3.63, 3.8) is 0 Å². The Morgan fingerprint density at radius 2 is 1.94 bits per heavy atom. The summed E-state index contributed by atoms with van der Waals surface area (Å²) < 4.78 is 62.6. The molecule has 14 heteroatoms. The highest BCUT2D eigenvalue weighted by atomic mass is 32.2. The van der Waals surface area contributed by atoms with Crippen LogP contribution in [0.3, 0.4) is 0 Å². The highest BCUT2D eigenvalue weighted by Gasteiger charge is 2.48. The Hall–Kier alpha value is -2.55. The quantitative estimate of drug-likeness (QED) is 0.339. The predicted molar refractivity (Wildman–Crippen MR) is 127 cm³/mol. The lowest BCUT2D eigenvalue weighted by Gasteiger charge is -2.31. The van der Waals surface area contributed by atoms with E-state index in [2.05, 4.69) is 25.6 Å². The van der Waals surface area contributed by atoms with Crippen LogP contribution in [-0.4, -0.2) is 70.1 Å². The number of aliphatic hydroxyl groups is 2. The molecule has 3 atom stereocenters. The number of para-hydroxylation sites is 1. The summed E-state index contributed by atoms with van der Waals surface area (Å²) in [7, 11) is -3.41. The van der Waals surface area contributed by atoms with Crippen LogP contribution in [0.15, 0.2) is 24.3 Å². The van der Waals surface area contributed by atoms with Gasteiger partial charge >= 0.3 is 6.18 Å². The minimum atomic E-state index is -4.50. The van der Waals surface area contributed by atoms with Gasteiger partial charge in [-0.2, -0.15) is 18.2 Å². The molecule has 0 spiro atoms. The topological polar surface area (TPSA) is 137 Å². The lowest BCUT2D eigenvalue weighted by Crippen LogP contribution is -2.48. The zero-order valence-corrected chi connectivity index (χ0v) is 20.4. The number of hydrogen-bond donors (Lipinski definition) is 4. The summed E-state index contributed by atoms with van der Waals surface area (Å²) in [6.45, 7) is 0.213. The molecule has 1 aliphatic rings. The van der Waals surface area contributed by atoms with Gasteiger partial charge in [-0.3, -0.25) is 0 Å². The number of fused-ring (bicyclic) bond motifs is 1. The average Bonchev–Trinajstić information content (AvgIpc) is 3.27. The number of alkyl halides is 3. The van der Waals surface area contributed by atoms with Crippen LogP contribution < -0.4 is 10.6 Å². The predicted octanol–water partition coefficient (Wildman–Crippen LogP) is 2.95. The van der Waals surface area contributed by atoms with Crippen LogP contribution in [0.25, 0.3) is 20.8 Å². The van der Waals surface area contributed by atoms with Gasteiger partial charge in [0.1, 0.15) is 33.3 Å². The van der Waals surface area contributed by atoms with Crippen LogP contribution in [0.4, 0.5) is 24.9 Å². The van der Waals surface area contributed by atoms with E-state index in [0.29, 0.717) is 21.8 Å². The number of rotatable bonds is 7. The lowest BCUT2D eigenvalue weighted by molar-refractivity contribution is -0.115. The molecule has 9 nitrogen and oxygen atoms in total. The van der Waals surface area contributed by atoms with Crippen molar-refractivity contribution >= 4 is 43.2 Å². The van der Waals surface area contributed by atoms with Gasteiger partial charge in [0.05, 0.1) is 27.2 Å². The molecule has 0 saturated heterocycles. The fourth-order valence-electron chi connectivity index (χ4n) is 4.16. The van der Waals surface area contributed by atoms with Crippen molar-refractivity contribution in [2.45, 2.75) is 37.8 Å². The molecule has 3 aromatic rings. The SMILES string of the molecule is Cc1nc(NCC(F)(F)F)nc(NC2(O)CCC(CS(C)(=O)=O)C2O)c1-c1nc2ccccc2s1. The molecular formula is C21H24F3N5O4S2. The Morgan fingerprint density at radius 1 is 1.23 bits per heavy atom. The highest BCUT2D eigenvalue weighted by molar-refractivity contribution is 7.90. The van der Waals surface area contributed by atoms with E-state index >= 15 is 0 Å². The molecule has 2 heterocycles. The van der Waals surface area contributed by atoms with Gasteiger partial charge in [-0.05, 0) is 31.9 Å². The summed E-state index contributed by atoms with van der Waals surface area (Å²) in [4.78, 5) is 12.9. The third-order valence-electron chi connectivity index (χ3n) is 5.73. The van der Waals surface area contributed by atoms with Gasteiger partial charge in [-0.1, -0.05) is 12.1 Å². The number of halogens is 3. The number of nitrogens with one attached hydrogen (secondary N) is 2. The average molecular weight is 532 g/mol. The highest BCUT2D eigenvalue weighted by Crippen LogP contribution is 2.41. The number of aliphatic hydroxyl groups excluding tert-OH is 1. The molecular weight excluding hydrogens is 507 g/mol.